The zero-order chi connectivity index (χ0) is 7.40. The number of piperidine rings is 1. The van der Waals surface area contributed by atoms with Crippen LogP contribution in [-0.4, -0.2) is 18.9 Å². The predicted molar refractivity (Wildman–Crippen MR) is 40.8 cm³/mol. The van der Waals surface area contributed by atoms with Gasteiger partial charge >= 0.3 is 0 Å². The summed E-state index contributed by atoms with van der Waals surface area (Å²) in [6, 6.07) is 0. The molecule has 1 heterocycles. The molecule has 0 bridgehead atoms. The van der Waals surface area contributed by atoms with Gasteiger partial charge in [-0.05, 0) is 6.42 Å². The molecule has 2 nitrogen and oxygen atoms in total. The van der Waals surface area contributed by atoms with Gasteiger partial charge in [0.05, 0.1) is 0 Å². The fourth-order valence-electron chi connectivity index (χ4n) is 1.22. The maximum Gasteiger partial charge on any atom is 0.138 e. The van der Waals surface area contributed by atoms with Gasteiger partial charge in [-0.15, -0.1) is 6.58 Å². The SMILES string of the molecule is C=CCC1CNCCC1=O. The zero-order valence-corrected chi connectivity index (χ0v) is 6.10. The van der Waals surface area contributed by atoms with Crippen LogP contribution in [-0.2, 0) is 4.79 Å². The third-order valence-electron chi connectivity index (χ3n) is 1.85. The number of hydrogen-bond donors (Lipinski definition) is 1. The van der Waals surface area contributed by atoms with Crippen molar-refractivity contribution in [2.45, 2.75) is 12.8 Å². The van der Waals surface area contributed by atoms with Crippen molar-refractivity contribution < 1.29 is 4.79 Å². The second-order valence-electron chi connectivity index (χ2n) is 2.64. The molecule has 1 aliphatic rings. The van der Waals surface area contributed by atoms with E-state index in [2.05, 4.69) is 11.9 Å². The van der Waals surface area contributed by atoms with E-state index in [0.717, 1.165) is 19.5 Å². The van der Waals surface area contributed by atoms with Crippen LogP contribution in [0, 0.1) is 5.92 Å². The quantitative estimate of drug-likeness (QED) is 0.572. The maximum atomic E-state index is 11.1. The zero-order valence-electron chi connectivity index (χ0n) is 6.10. The lowest BCUT2D eigenvalue weighted by Gasteiger charge is -2.19. The maximum absolute atomic E-state index is 11.1. The van der Waals surface area contributed by atoms with E-state index in [4.69, 9.17) is 0 Å². The molecule has 1 atom stereocenters. The number of Topliss-reactive ketones (excluding diaryl/α,β-unsaturated/α-hetero) is 1. The van der Waals surface area contributed by atoms with Gasteiger partial charge in [-0.3, -0.25) is 4.79 Å². The summed E-state index contributed by atoms with van der Waals surface area (Å²) in [5, 5.41) is 3.18. The van der Waals surface area contributed by atoms with Gasteiger partial charge in [-0.25, -0.2) is 0 Å². The van der Waals surface area contributed by atoms with Crippen molar-refractivity contribution in [3.8, 4) is 0 Å². The Bertz CT molecular complexity index is 142. The molecule has 0 radical (unpaired) electrons. The third-order valence-corrected chi connectivity index (χ3v) is 1.85. The fraction of sp³-hybridized carbons (Fsp3) is 0.625. The second kappa shape index (κ2) is 3.52. The van der Waals surface area contributed by atoms with Crippen LogP contribution in [0.2, 0.25) is 0 Å². The van der Waals surface area contributed by atoms with Gasteiger partial charge in [-0.1, -0.05) is 6.08 Å². The fourth-order valence-corrected chi connectivity index (χ4v) is 1.22. The van der Waals surface area contributed by atoms with Crippen molar-refractivity contribution in [3.05, 3.63) is 12.7 Å². The molecule has 0 aromatic rings. The van der Waals surface area contributed by atoms with Crippen LogP contribution in [0.15, 0.2) is 12.7 Å². The summed E-state index contributed by atoms with van der Waals surface area (Å²) >= 11 is 0. The summed E-state index contributed by atoms with van der Waals surface area (Å²) in [6.07, 6.45) is 3.33. The molecule has 0 aromatic heterocycles. The molecule has 56 valence electrons. The lowest BCUT2D eigenvalue weighted by molar-refractivity contribution is -0.123. The number of carbonyl (C=O) groups excluding carboxylic acids is 1. The molecule has 1 unspecified atom stereocenters. The van der Waals surface area contributed by atoms with Gasteiger partial charge in [0.25, 0.3) is 0 Å². The molecule has 0 amide bonds. The first-order chi connectivity index (χ1) is 4.84. The molecule has 1 fully saturated rings. The monoisotopic (exact) mass is 139 g/mol. The number of rotatable bonds is 2. The summed E-state index contributed by atoms with van der Waals surface area (Å²) in [4.78, 5) is 11.1. The van der Waals surface area contributed by atoms with Gasteiger partial charge in [-0.2, -0.15) is 0 Å². The largest absolute Gasteiger partial charge is 0.316 e. The van der Waals surface area contributed by atoms with Crippen LogP contribution < -0.4 is 5.32 Å². The number of allylic oxidation sites excluding steroid dienone is 1. The Morgan fingerprint density at radius 2 is 2.60 bits per heavy atom. The van der Waals surface area contributed by atoms with E-state index in [1.807, 2.05) is 6.08 Å². The van der Waals surface area contributed by atoms with Gasteiger partial charge in [0.1, 0.15) is 5.78 Å². The van der Waals surface area contributed by atoms with Gasteiger partial charge < -0.3 is 5.32 Å². The van der Waals surface area contributed by atoms with Gasteiger partial charge in [0.15, 0.2) is 0 Å². The Labute approximate surface area is 61.3 Å². The van der Waals surface area contributed by atoms with Crippen LogP contribution in [0.25, 0.3) is 0 Å². The normalized spacial score (nSPS) is 26.4. The molecule has 10 heavy (non-hydrogen) atoms. The van der Waals surface area contributed by atoms with E-state index in [0.29, 0.717) is 12.2 Å². The Hall–Kier alpha value is -0.630. The molecule has 1 aliphatic heterocycles. The number of carbonyl (C=O) groups is 1. The lowest BCUT2D eigenvalue weighted by Crippen LogP contribution is -2.36. The van der Waals surface area contributed by atoms with E-state index in [9.17, 15) is 4.79 Å². The molecule has 1 saturated heterocycles. The minimum Gasteiger partial charge on any atom is -0.316 e. The summed E-state index contributed by atoms with van der Waals surface area (Å²) in [5.74, 6) is 0.588. The topological polar surface area (TPSA) is 29.1 Å². The summed E-state index contributed by atoms with van der Waals surface area (Å²) in [7, 11) is 0. The van der Waals surface area contributed by atoms with E-state index >= 15 is 0 Å². The minimum atomic E-state index is 0.200. The van der Waals surface area contributed by atoms with E-state index < -0.39 is 0 Å². The lowest BCUT2D eigenvalue weighted by atomic mass is 9.95. The molecule has 0 saturated carbocycles. The first-order valence-electron chi connectivity index (χ1n) is 3.69. The molecule has 0 aromatic carbocycles. The first kappa shape index (κ1) is 7.48. The molecule has 0 aliphatic carbocycles. The van der Waals surface area contributed by atoms with Crippen LogP contribution in [0.5, 0.6) is 0 Å². The van der Waals surface area contributed by atoms with Crippen molar-refractivity contribution in [3.63, 3.8) is 0 Å². The Balaban J connectivity index is 2.39. The highest BCUT2D eigenvalue weighted by atomic mass is 16.1. The average molecular weight is 139 g/mol. The predicted octanol–water partition coefficient (Wildman–Crippen LogP) is 0.741. The number of ketones is 1. The standard InChI is InChI=1S/C8H13NO/c1-2-3-7-6-9-5-4-8(7)10/h2,7,9H,1,3-6H2. The first-order valence-corrected chi connectivity index (χ1v) is 3.69. The molecule has 2 heteroatoms. The van der Waals surface area contributed by atoms with Crippen LogP contribution in [0.4, 0.5) is 0 Å². The molecular formula is C8H13NO. The van der Waals surface area contributed by atoms with Crippen molar-refractivity contribution in [2.75, 3.05) is 13.1 Å². The number of hydrogen-bond acceptors (Lipinski definition) is 2. The smallest absolute Gasteiger partial charge is 0.138 e. The molecule has 1 rings (SSSR count). The number of nitrogens with one attached hydrogen (secondary N) is 1. The highest BCUT2D eigenvalue weighted by Crippen LogP contribution is 2.09. The van der Waals surface area contributed by atoms with E-state index in [1.54, 1.807) is 0 Å². The van der Waals surface area contributed by atoms with E-state index in [1.165, 1.54) is 0 Å². The van der Waals surface area contributed by atoms with Crippen molar-refractivity contribution in [1.29, 1.82) is 0 Å². The summed E-state index contributed by atoms with van der Waals surface area (Å²) < 4.78 is 0. The van der Waals surface area contributed by atoms with Crippen molar-refractivity contribution >= 4 is 5.78 Å². The second-order valence-corrected chi connectivity index (χ2v) is 2.64. The van der Waals surface area contributed by atoms with Crippen LogP contribution >= 0.6 is 0 Å². The molecule has 0 spiro atoms. The highest BCUT2D eigenvalue weighted by molar-refractivity contribution is 5.82. The van der Waals surface area contributed by atoms with Crippen LogP contribution in [0.3, 0.4) is 0 Å². The van der Waals surface area contributed by atoms with E-state index in [-0.39, 0.29) is 5.92 Å². The molecular weight excluding hydrogens is 126 g/mol. The van der Waals surface area contributed by atoms with Crippen molar-refractivity contribution in [1.82, 2.24) is 5.32 Å². The Morgan fingerprint density at radius 1 is 1.80 bits per heavy atom. The van der Waals surface area contributed by atoms with Gasteiger partial charge in [0, 0.05) is 25.4 Å². The van der Waals surface area contributed by atoms with Crippen LogP contribution in [0.1, 0.15) is 12.8 Å². The average Bonchev–Trinajstić information content (AvgIpc) is 1.94. The molecule has 1 N–H and O–H groups in total. The van der Waals surface area contributed by atoms with Crippen molar-refractivity contribution in [2.24, 2.45) is 5.92 Å². The Kier molecular flexibility index (Phi) is 2.63. The van der Waals surface area contributed by atoms with Gasteiger partial charge in [0.2, 0.25) is 0 Å². The minimum absolute atomic E-state index is 0.200. The summed E-state index contributed by atoms with van der Waals surface area (Å²) in [6.45, 7) is 5.30. The third kappa shape index (κ3) is 1.67. The highest BCUT2D eigenvalue weighted by Gasteiger charge is 2.19. The Morgan fingerprint density at radius 3 is 3.20 bits per heavy atom. The summed E-state index contributed by atoms with van der Waals surface area (Å²) in [5.41, 5.74) is 0.